The molecule has 0 aliphatic carbocycles. The van der Waals surface area contributed by atoms with Crippen LogP contribution < -0.4 is 0 Å². The van der Waals surface area contributed by atoms with Gasteiger partial charge in [-0.1, -0.05) is 79.6 Å². The highest BCUT2D eigenvalue weighted by atomic mass is 127. The molecule has 6 heteroatoms. The standard InChI is InChI=1S/C16H26IO4P/c1-3-5-12-19-22(18,20-13-6-4-2)21-16(14-17)15-10-8-7-9-11-15/h7-11,16H,3-6,12-14H2,1-2H3. The Bertz CT molecular complexity index is 427. The van der Waals surface area contributed by atoms with Crippen molar-refractivity contribution in [3.05, 3.63) is 35.9 Å². The van der Waals surface area contributed by atoms with E-state index in [4.69, 9.17) is 13.6 Å². The zero-order chi connectivity index (χ0) is 16.3. The van der Waals surface area contributed by atoms with Gasteiger partial charge in [0.05, 0.1) is 13.2 Å². The van der Waals surface area contributed by atoms with E-state index in [1.54, 1.807) is 0 Å². The molecule has 1 atom stereocenters. The summed E-state index contributed by atoms with van der Waals surface area (Å²) in [7, 11) is -3.52. The van der Waals surface area contributed by atoms with Crippen molar-refractivity contribution >= 4 is 30.4 Å². The summed E-state index contributed by atoms with van der Waals surface area (Å²) in [5.41, 5.74) is 0.982. The van der Waals surface area contributed by atoms with Gasteiger partial charge in [-0.3, -0.25) is 13.6 Å². The lowest BCUT2D eigenvalue weighted by Crippen LogP contribution is -2.09. The molecule has 0 aliphatic rings. The summed E-state index contributed by atoms with van der Waals surface area (Å²) in [5, 5.41) is 0. The van der Waals surface area contributed by atoms with Gasteiger partial charge in [-0.15, -0.1) is 0 Å². The predicted molar refractivity (Wildman–Crippen MR) is 98.5 cm³/mol. The Morgan fingerprint density at radius 2 is 1.59 bits per heavy atom. The van der Waals surface area contributed by atoms with Gasteiger partial charge in [0.15, 0.2) is 0 Å². The van der Waals surface area contributed by atoms with Crippen molar-refractivity contribution < 1.29 is 18.1 Å². The molecular formula is C16H26IO4P. The van der Waals surface area contributed by atoms with Crippen LogP contribution >= 0.6 is 30.4 Å². The molecule has 0 N–H and O–H groups in total. The normalized spacial score (nSPS) is 13.2. The van der Waals surface area contributed by atoms with Crippen molar-refractivity contribution in [1.82, 2.24) is 0 Å². The van der Waals surface area contributed by atoms with E-state index in [-0.39, 0.29) is 6.10 Å². The SMILES string of the molecule is CCCCOP(=O)(OCCCC)OC(CI)c1ccccc1. The summed E-state index contributed by atoms with van der Waals surface area (Å²) >= 11 is 2.23. The van der Waals surface area contributed by atoms with Crippen molar-refractivity contribution in [2.24, 2.45) is 0 Å². The molecule has 1 aromatic carbocycles. The molecule has 0 aromatic heterocycles. The highest BCUT2D eigenvalue weighted by molar-refractivity contribution is 14.1. The van der Waals surface area contributed by atoms with E-state index in [1.165, 1.54) is 0 Å². The van der Waals surface area contributed by atoms with E-state index in [2.05, 4.69) is 36.4 Å². The maximum Gasteiger partial charge on any atom is 0.475 e. The summed E-state index contributed by atoms with van der Waals surface area (Å²) in [6, 6.07) is 9.76. The summed E-state index contributed by atoms with van der Waals surface area (Å²) in [5.74, 6) is 0. The topological polar surface area (TPSA) is 44.8 Å². The molecule has 0 bridgehead atoms. The number of hydrogen-bond donors (Lipinski definition) is 0. The van der Waals surface area contributed by atoms with Crippen molar-refractivity contribution in [2.75, 3.05) is 17.6 Å². The average Bonchev–Trinajstić information content (AvgIpc) is 2.54. The second-order valence-electron chi connectivity index (χ2n) is 4.98. The molecular weight excluding hydrogens is 414 g/mol. The van der Waals surface area contributed by atoms with Crippen molar-refractivity contribution in [3.63, 3.8) is 0 Å². The maximum atomic E-state index is 12.8. The molecule has 126 valence electrons. The van der Waals surface area contributed by atoms with Gasteiger partial charge >= 0.3 is 7.82 Å². The largest absolute Gasteiger partial charge is 0.475 e. The Kier molecular flexibility index (Phi) is 10.6. The Labute approximate surface area is 147 Å². The van der Waals surface area contributed by atoms with Gasteiger partial charge in [-0.25, -0.2) is 4.57 Å². The van der Waals surface area contributed by atoms with Gasteiger partial charge in [0.25, 0.3) is 0 Å². The molecule has 0 aliphatic heterocycles. The fourth-order valence-corrected chi connectivity index (χ4v) is 4.12. The number of phosphoric acid groups is 1. The van der Waals surface area contributed by atoms with Gasteiger partial charge in [-0.2, -0.15) is 0 Å². The molecule has 0 saturated heterocycles. The van der Waals surface area contributed by atoms with Gasteiger partial charge in [0.1, 0.15) is 6.10 Å². The summed E-state index contributed by atoms with van der Waals surface area (Å²) in [6.45, 7) is 4.90. The Morgan fingerprint density at radius 1 is 1.05 bits per heavy atom. The van der Waals surface area contributed by atoms with Gasteiger partial charge < -0.3 is 0 Å². The Hall–Kier alpha value is 0.0600. The van der Waals surface area contributed by atoms with Crippen LogP contribution in [0.25, 0.3) is 0 Å². The van der Waals surface area contributed by atoms with Gasteiger partial charge in [0.2, 0.25) is 0 Å². The molecule has 0 spiro atoms. The highest BCUT2D eigenvalue weighted by Crippen LogP contribution is 2.53. The highest BCUT2D eigenvalue weighted by Gasteiger charge is 2.31. The number of benzene rings is 1. The van der Waals surface area contributed by atoms with E-state index < -0.39 is 7.82 Å². The van der Waals surface area contributed by atoms with Gasteiger partial charge in [0, 0.05) is 4.43 Å². The van der Waals surface area contributed by atoms with Gasteiger partial charge in [-0.05, 0) is 18.4 Å². The Balaban J connectivity index is 2.73. The third kappa shape index (κ3) is 7.55. The van der Waals surface area contributed by atoms with Crippen molar-refractivity contribution in [2.45, 2.75) is 45.6 Å². The lowest BCUT2D eigenvalue weighted by molar-refractivity contribution is 0.0853. The number of unbranched alkanes of at least 4 members (excludes halogenated alkanes) is 2. The molecule has 1 rings (SSSR count). The van der Waals surface area contributed by atoms with Crippen molar-refractivity contribution in [1.29, 1.82) is 0 Å². The number of hydrogen-bond acceptors (Lipinski definition) is 4. The maximum absolute atomic E-state index is 12.8. The third-order valence-electron chi connectivity index (χ3n) is 3.06. The summed E-state index contributed by atoms with van der Waals surface area (Å²) in [4.78, 5) is 0. The molecule has 0 radical (unpaired) electrons. The average molecular weight is 440 g/mol. The van der Waals surface area contributed by atoms with Crippen LogP contribution in [0.5, 0.6) is 0 Å². The smallest absolute Gasteiger partial charge is 0.287 e. The zero-order valence-corrected chi connectivity index (χ0v) is 16.4. The molecule has 0 saturated carbocycles. The monoisotopic (exact) mass is 440 g/mol. The number of phosphoric ester groups is 1. The second-order valence-corrected chi connectivity index (χ2v) is 7.48. The van der Waals surface area contributed by atoms with Crippen LogP contribution in [0.15, 0.2) is 30.3 Å². The van der Waals surface area contributed by atoms with Crippen LogP contribution in [-0.4, -0.2) is 17.6 Å². The van der Waals surface area contributed by atoms with E-state index in [0.717, 1.165) is 31.2 Å². The molecule has 22 heavy (non-hydrogen) atoms. The van der Waals surface area contributed by atoms with E-state index >= 15 is 0 Å². The van der Waals surface area contributed by atoms with Crippen LogP contribution in [-0.2, 0) is 18.1 Å². The first-order valence-corrected chi connectivity index (χ1v) is 10.8. The molecule has 1 aromatic rings. The third-order valence-corrected chi connectivity index (χ3v) is 5.37. The minimum Gasteiger partial charge on any atom is -0.287 e. The van der Waals surface area contributed by atoms with Crippen LogP contribution in [0.1, 0.15) is 51.2 Å². The first-order valence-electron chi connectivity index (χ1n) is 7.83. The van der Waals surface area contributed by atoms with E-state index in [0.29, 0.717) is 17.6 Å². The van der Waals surface area contributed by atoms with Crippen molar-refractivity contribution in [3.8, 4) is 0 Å². The lowest BCUT2D eigenvalue weighted by Gasteiger charge is -2.23. The predicted octanol–water partition coefficient (Wildman–Crippen LogP) is 5.92. The minimum absolute atomic E-state index is 0.295. The molecule has 4 nitrogen and oxygen atoms in total. The zero-order valence-electron chi connectivity index (χ0n) is 13.4. The first kappa shape index (κ1) is 20.1. The van der Waals surface area contributed by atoms with E-state index in [1.807, 2.05) is 30.3 Å². The van der Waals surface area contributed by atoms with Crippen LogP contribution in [0, 0.1) is 0 Å². The van der Waals surface area contributed by atoms with E-state index in [9.17, 15) is 4.57 Å². The second kappa shape index (κ2) is 11.6. The summed E-state index contributed by atoms with van der Waals surface area (Å²) < 4.78 is 30.2. The number of rotatable bonds is 12. The fraction of sp³-hybridized carbons (Fsp3) is 0.625. The molecule has 0 amide bonds. The number of halogens is 1. The lowest BCUT2D eigenvalue weighted by atomic mass is 10.1. The van der Waals surface area contributed by atoms with Crippen LogP contribution in [0.2, 0.25) is 0 Å². The Morgan fingerprint density at radius 3 is 2.05 bits per heavy atom. The quantitative estimate of drug-likeness (QED) is 0.175. The fourth-order valence-electron chi connectivity index (χ4n) is 1.74. The van der Waals surface area contributed by atoms with Crippen LogP contribution in [0.4, 0.5) is 0 Å². The molecule has 0 fully saturated rings. The van der Waals surface area contributed by atoms with Crippen LogP contribution in [0.3, 0.4) is 0 Å². The molecule has 0 heterocycles. The summed E-state index contributed by atoms with van der Waals surface area (Å²) in [6.07, 6.45) is 3.33. The first-order chi connectivity index (χ1) is 10.6. The minimum atomic E-state index is -3.52. The molecule has 1 unspecified atom stereocenters. The number of alkyl halides is 1.